The van der Waals surface area contributed by atoms with Crippen LogP contribution in [0.25, 0.3) is 0 Å². The molecule has 6 nitrogen and oxygen atoms in total. The SMILES string of the molecule is Cc1cccc(Cl)c1CN1C[C@H](C)[C@](CC(=O)OC(C)(C)C)(C(=O)NC2CCN(CC3=CCCCC3)CC2)C1. The summed E-state index contributed by atoms with van der Waals surface area (Å²) in [5.74, 6) is -0.310. The molecule has 0 unspecified atom stereocenters. The first kappa shape index (κ1) is 30.1. The summed E-state index contributed by atoms with van der Waals surface area (Å²) in [6, 6.07) is 6.09. The minimum absolute atomic E-state index is 0.00569. The highest BCUT2D eigenvalue weighted by molar-refractivity contribution is 6.31. The highest BCUT2D eigenvalue weighted by Crippen LogP contribution is 2.41. The molecule has 1 aromatic carbocycles. The van der Waals surface area contributed by atoms with E-state index in [4.69, 9.17) is 16.3 Å². The van der Waals surface area contributed by atoms with Gasteiger partial charge >= 0.3 is 5.97 Å². The van der Waals surface area contributed by atoms with Crippen molar-refractivity contribution >= 4 is 23.5 Å². The Bertz CT molecular complexity index is 1040. The first-order valence-electron chi connectivity index (χ1n) is 14.8. The first-order chi connectivity index (χ1) is 18.4. The van der Waals surface area contributed by atoms with Crippen molar-refractivity contribution < 1.29 is 14.3 Å². The number of likely N-dealkylation sites (tertiary alicyclic amines) is 2. The maximum absolute atomic E-state index is 14.1. The van der Waals surface area contributed by atoms with E-state index >= 15 is 0 Å². The van der Waals surface area contributed by atoms with Gasteiger partial charge in [0.15, 0.2) is 0 Å². The standard InChI is InChI=1S/C32H48ClN3O3/c1-23-10-9-13-28(33)27(23)21-36-19-24(2)32(22-36,18-29(37)39-31(3,4)5)30(38)34-26-14-16-35(17-15-26)20-25-11-7-6-8-12-25/h9-11,13,24,26H,6-8,12,14-22H2,1-5H3,(H,34,38)/t24-,32+/m0/s1. The Hall–Kier alpha value is -1.89. The van der Waals surface area contributed by atoms with Gasteiger partial charge in [0.25, 0.3) is 0 Å². The van der Waals surface area contributed by atoms with Crippen molar-refractivity contribution in [1.82, 2.24) is 15.1 Å². The highest BCUT2D eigenvalue weighted by atomic mass is 35.5. The van der Waals surface area contributed by atoms with Crippen LogP contribution in [-0.4, -0.2) is 66.0 Å². The van der Waals surface area contributed by atoms with Crippen LogP contribution in [0.5, 0.6) is 0 Å². The van der Waals surface area contributed by atoms with Gasteiger partial charge in [-0.15, -0.1) is 0 Å². The summed E-state index contributed by atoms with van der Waals surface area (Å²) in [6.07, 6.45) is 9.47. The van der Waals surface area contributed by atoms with E-state index < -0.39 is 11.0 Å². The third-order valence-corrected chi connectivity index (χ3v) is 9.14. The third kappa shape index (κ3) is 7.86. The zero-order chi connectivity index (χ0) is 28.2. The van der Waals surface area contributed by atoms with Gasteiger partial charge in [-0.3, -0.25) is 19.4 Å². The predicted molar refractivity (Wildman–Crippen MR) is 158 cm³/mol. The number of hydrogen-bond acceptors (Lipinski definition) is 5. The van der Waals surface area contributed by atoms with Crippen molar-refractivity contribution in [3.05, 3.63) is 46.0 Å². The lowest BCUT2D eigenvalue weighted by atomic mass is 9.75. The molecule has 4 rings (SSSR count). The van der Waals surface area contributed by atoms with Gasteiger partial charge in [-0.05, 0) is 89.3 Å². The molecule has 1 aliphatic carbocycles. The van der Waals surface area contributed by atoms with Crippen molar-refractivity contribution in [1.29, 1.82) is 0 Å². The minimum Gasteiger partial charge on any atom is -0.460 e. The van der Waals surface area contributed by atoms with Gasteiger partial charge in [-0.1, -0.05) is 42.3 Å². The molecular formula is C32H48ClN3O3. The van der Waals surface area contributed by atoms with Crippen LogP contribution in [0.15, 0.2) is 29.8 Å². The van der Waals surface area contributed by atoms with E-state index in [1.54, 1.807) is 5.57 Å². The van der Waals surface area contributed by atoms with Crippen molar-refractivity contribution in [3.8, 4) is 0 Å². The fourth-order valence-electron chi connectivity index (χ4n) is 6.53. The lowest BCUT2D eigenvalue weighted by Crippen LogP contribution is -2.53. The molecule has 1 aromatic rings. The summed E-state index contributed by atoms with van der Waals surface area (Å²) < 4.78 is 5.72. The monoisotopic (exact) mass is 557 g/mol. The molecule has 2 atom stereocenters. The van der Waals surface area contributed by atoms with Crippen LogP contribution in [0.1, 0.15) is 83.8 Å². The lowest BCUT2D eigenvalue weighted by molar-refractivity contribution is -0.161. The molecule has 0 spiro atoms. The smallest absolute Gasteiger partial charge is 0.307 e. The Labute approximate surface area is 240 Å². The van der Waals surface area contributed by atoms with Gasteiger partial charge in [-0.25, -0.2) is 0 Å². The van der Waals surface area contributed by atoms with Gasteiger partial charge in [-0.2, -0.15) is 0 Å². The zero-order valence-electron chi connectivity index (χ0n) is 24.7. The second-order valence-electron chi connectivity index (χ2n) is 13.2. The molecule has 2 saturated heterocycles. The van der Waals surface area contributed by atoms with E-state index in [0.29, 0.717) is 13.1 Å². The average Bonchev–Trinajstić information content (AvgIpc) is 3.17. The molecule has 0 aromatic heterocycles. The molecule has 2 fully saturated rings. The van der Waals surface area contributed by atoms with E-state index in [2.05, 4.69) is 41.1 Å². The summed E-state index contributed by atoms with van der Waals surface area (Å²) in [4.78, 5) is 32.0. The third-order valence-electron chi connectivity index (χ3n) is 8.78. The van der Waals surface area contributed by atoms with Gasteiger partial charge in [0.1, 0.15) is 5.60 Å². The summed E-state index contributed by atoms with van der Waals surface area (Å²) >= 11 is 6.55. The molecule has 2 aliphatic heterocycles. The number of carbonyl (C=O) groups excluding carboxylic acids is 2. The van der Waals surface area contributed by atoms with Crippen LogP contribution in [-0.2, 0) is 20.9 Å². The highest BCUT2D eigenvalue weighted by Gasteiger charge is 2.52. The van der Waals surface area contributed by atoms with Crippen LogP contribution >= 0.6 is 11.6 Å². The fourth-order valence-corrected chi connectivity index (χ4v) is 6.81. The number of benzene rings is 1. The molecule has 7 heteroatoms. The fraction of sp³-hybridized carbons (Fsp3) is 0.688. The lowest BCUT2D eigenvalue weighted by Gasteiger charge is -2.37. The molecule has 2 heterocycles. The Balaban J connectivity index is 1.44. The average molecular weight is 558 g/mol. The largest absolute Gasteiger partial charge is 0.460 e. The first-order valence-corrected chi connectivity index (χ1v) is 15.2. The number of aryl methyl sites for hydroxylation is 1. The molecule has 39 heavy (non-hydrogen) atoms. The second-order valence-corrected chi connectivity index (χ2v) is 13.6. The maximum Gasteiger partial charge on any atom is 0.307 e. The Morgan fingerprint density at radius 1 is 1.13 bits per heavy atom. The van der Waals surface area contributed by atoms with Crippen LogP contribution < -0.4 is 5.32 Å². The van der Waals surface area contributed by atoms with Crippen LogP contribution in [0, 0.1) is 18.3 Å². The van der Waals surface area contributed by atoms with E-state index in [9.17, 15) is 9.59 Å². The number of halogens is 1. The molecular weight excluding hydrogens is 510 g/mol. The van der Waals surface area contributed by atoms with Crippen molar-refractivity contribution in [2.45, 2.75) is 97.8 Å². The van der Waals surface area contributed by atoms with Gasteiger partial charge in [0.05, 0.1) is 11.8 Å². The molecule has 0 saturated carbocycles. The maximum atomic E-state index is 14.1. The van der Waals surface area contributed by atoms with E-state index in [1.807, 2.05) is 32.9 Å². The van der Waals surface area contributed by atoms with Gasteiger partial charge in [0, 0.05) is 50.3 Å². The summed E-state index contributed by atoms with van der Waals surface area (Å²) in [5.41, 5.74) is 2.38. The number of rotatable bonds is 8. The van der Waals surface area contributed by atoms with Gasteiger partial charge in [0.2, 0.25) is 5.91 Å². The van der Waals surface area contributed by atoms with Crippen LogP contribution in [0.3, 0.4) is 0 Å². The van der Waals surface area contributed by atoms with Crippen molar-refractivity contribution in [3.63, 3.8) is 0 Å². The molecule has 1 amide bonds. The number of hydrogen-bond donors (Lipinski definition) is 1. The number of ether oxygens (including phenoxy) is 1. The van der Waals surface area contributed by atoms with Crippen molar-refractivity contribution in [2.24, 2.45) is 11.3 Å². The normalized spacial score (nSPS) is 25.4. The Morgan fingerprint density at radius 2 is 1.87 bits per heavy atom. The van der Waals surface area contributed by atoms with E-state index in [1.165, 1.54) is 25.7 Å². The van der Waals surface area contributed by atoms with Gasteiger partial charge < -0.3 is 10.1 Å². The Morgan fingerprint density at radius 3 is 2.51 bits per heavy atom. The number of carbonyl (C=O) groups is 2. The number of nitrogens with one attached hydrogen (secondary N) is 1. The quantitative estimate of drug-likeness (QED) is 0.318. The Kier molecular flexibility index (Phi) is 9.83. The zero-order valence-corrected chi connectivity index (χ0v) is 25.4. The number of allylic oxidation sites excluding steroid dienone is 1. The minimum atomic E-state index is -0.832. The second kappa shape index (κ2) is 12.7. The summed E-state index contributed by atoms with van der Waals surface area (Å²) in [5, 5.41) is 4.13. The van der Waals surface area contributed by atoms with Crippen LogP contribution in [0.4, 0.5) is 0 Å². The number of esters is 1. The van der Waals surface area contributed by atoms with Crippen LogP contribution in [0.2, 0.25) is 5.02 Å². The molecule has 1 N–H and O–H groups in total. The number of piperidine rings is 1. The van der Waals surface area contributed by atoms with E-state index in [0.717, 1.165) is 55.2 Å². The predicted octanol–water partition coefficient (Wildman–Crippen LogP) is 5.90. The molecule has 3 aliphatic rings. The molecule has 216 valence electrons. The van der Waals surface area contributed by atoms with E-state index in [-0.39, 0.29) is 30.3 Å². The molecule has 0 bridgehead atoms. The van der Waals surface area contributed by atoms with Crippen molar-refractivity contribution in [2.75, 3.05) is 32.7 Å². The molecule has 0 radical (unpaired) electrons. The number of nitrogens with zero attached hydrogens (tertiary/aromatic N) is 2. The number of amides is 1. The summed E-state index contributed by atoms with van der Waals surface area (Å²) in [7, 11) is 0. The topological polar surface area (TPSA) is 61.9 Å². The summed E-state index contributed by atoms with van der Waals surface area (Å²) in [6.45, 7) is 14.7.